The van der Waals surface area contributed by atoms with Gasteiger partial charge in [0.25, 0.3) is 0 Å². The summed E-state index contributed by atoms with van der Waals surface area (Å²) in [4.78, 5) is 10.2. The molecular formula is C4H9NO3S2. The minimum absolute atomic E-state index is 0.0768. The van der Waals surface area contributed by atoms with Crippen molar-refractivity contribution in [1.29, 1.82) is 0 Å². The van der Waals surface area contributed by atoms with E-state index in [9.17, 15) is 13.2 Å². The third-order valence-electron chi connectivity index (χ3n) is 0.572. The van der Waals surface area contributed by atoms with Crippen LogP contribution in [-0.4, -0.2) is 25.7 Å². The summed E-state index contributed by atoms with van der Waals surface area (Å²) in [6, 6.07) is 0. The Morgan fingerprint density at radius 2 is 2.10 bits per heavy atom. The monoisotopic (exact) mass is 183 g/mol. The first-order valence-corrected chi connectivity index (χ1v) is 5.52. The van der Waals surface area contributed by atoms with Gasteiger partial charge in [-0.3, -0.25) is 9.52 Å². The maximum Gasteiger partial charge on any atom is 0.244 e. The third kappa shape index (κ3) is 4.63. The van der Waals surface area contributed by atoms with Crippen molar-refractivity contribution in [2.24, 2.45) is 0 Å². The van der Waals surface area contributed by atoms with Gasteiger partial charge in [-0.15, -0.1) is 11.8 Å². The van der Waals surface area contributed by atoms with Crippen molar-refractivity contribution < 1.29 is 13.2 Å². The van der Waals surface area contributed by atoms with Gasteiger partial charge in [0.15, 0.2) is 0 Å². The third-order valence-corrected chi connectivity index (χ3v) is 3.35. The van der Waals surface area contributed by atoms with Gasteiger partial charge >= 0.3 is 0 Å². The average Bonchev–Trinajstić information content (AvgIpc) is 1.59. The Bertz CT molecular complexity index is 209. The average molecular weight is 183 g/mol. The molecule has 0 spiro atoms. The highest BCUT2D eigenvalue weighted by molar-refractivity contribution is 8.11. The second kappa shape index (κ2) is 3.82. The first kappa shape index (κ1) is 9.77. The van der Waals surface area contributed by atoms with Crippen LogP contribution in [0.3, 0.4) is 0 Å². The molecule has 0 aromatic heterocycles. The summed E-state index contributed by atoms with van der Waals surface area (Å²) < 4.78 is 23.2. The molecular weight excluding hydrogens is 174 g/mol. The molecule has 0 radical (unpaired) electrons. The van der Waals surface area contributed by atoms with Crippen LogP contribution in [0.15, 0.2) is 0 Å². The molecule has 10 heavy (non-hydrogen) atoms. The molecule has 6 heteroatoms. The molecule has 0 saturated carbocycles. The van der Waals surface area contributed by atoms with Gasteiger partial charge in [0.2, 0.25) is 15.9 Å². The summed E-state index contributed by atoms with van der Waals surface area (Å²) >= 11 is 1.15. The second-order valence-corrected chi connectivity index (χ2v) is 4.63. The summed E-state index contributed by atoms with van der Waals surface area (Å²) in [5.41, 5.74) is 0. The Labute approximate surface area is 64.4 Å². The van der Waals surface area contributed by atoms with Crippen LogP contribution in [0.5, 0.6) is 0 Å². The normalized spacial score (nSPS) is 11.0. The number of nitrogens with one attached hydrogen (secondary N) is 1. The lowest BCUT2D eigenvalue weighted by Gasteiger charge is -2.00. The standard InChI is InChI=1S/C4H9NO3S2/c1-4(6)5-10(7,8)3-9-2/h3H2,1-2H3,(H,5,6). The van der Waals surface area contributed by atoms with E-state index in [1.807, 2.05) is 4.72 Å². The van der Waals surface area contributed by atoms with Gasteiger partial charge in [0.1, 0.15) is 5.08 Å². The fourth-order valence-electron chi connectivity index (χ4n) is 0.404. The molecule has 0 saturated heterocycles. The first-order valence-electron chi connectivity index (χ1n) is 2.48. The van der Waals surface area contributed by atoms with Gasteiger partial charge in [0.05, 0.1) is 0 Å². The van der Waals surface area contributed by atoms with Crippen molar-refractivity contribution in [3.05, 3.63) is 0 Å². The van der Waals surface area contributed by atoms with E-state index < -0.39 is 15.9 Å². The van der Waals surface area contributed by atoms with Crippen LogP contribution in [0, 0.1) is 0 Å². The van der Waals surface area contributed by atoms with E-state index >= 15 is 0 Å². The van der Waals surface area contributed by atoms with Gasteiger partial charge < -0.3 is 0 Å². The Balaban J connectivity index is 4.02. The van der Waals surface area contributed by atoms with Gasteiger partial charge in [-0.1, -0.05) is 0 Å². The number of hydrogen-bond donors (Lipinski definition) is 1. The van der Waals surface area contributed by atoms with Gasteiger partial charge in [0, 0.05) is 6.92 Å². The molecule has 4 nitrogen and oxygen atoms in total. The SMILES string of the molecule is CSCS(=O)(=O)NC(C)=O. The predicted octanol–water partition coefficient (Wildman–Crippen LogP) is -0.227. The van der Waals surface area contributed by atoms with Gasteiger partial charge in [-0.05, 0) is 6.26 Å². The molecule has 0 aromatic carbocycles. The summed E-state index contributed by atoms with van der Waals surface area (Å²) in [7, 11) is -3.37. The van der Waals surface area contributed by atoms with Crippen LogP contribution < -0.4 is 4.72 Å². The van der Waals surface area contributed by atoms with Crippen LogP contribution in [0.4, 0.5) is 0 Å². The number of carbonyl (C=O) groups is 1. The lowest BCUT2D eigenvalue weighted by atomic mass is 10.8. The molecule has 0 aliphatic rings. The predicted molar refractivity (Wildman–Crippen MR) is 41.1 cm³/mol. The number of rotatable bonds is 3. The zero-order valence-corrected chi connectivity index (χ0v) is 7.38. The minimum atomic E-state index is -3.37. The van der Waals surface area contributed by atoms with Crippen molar-refractivity contribution >= 4 is 27.7 Å². The van der Waals surface area contributed by atoms with Crippen molar-refractivity contribution in [2.45, 2.75) is 6.92 Å². The van der Waals surface area contributed by atoms with E-state index in [0.29, 0.717) is 0 Å². The maximum atomic E-state index is 10.7. The minimum Gasteiger partial charge on any atom is -0.274 e. The van der Waals surface area contributed by atoms with Crippen LogP contribution in [-0.2, 0) is 14.8 Å². The van der Waals surface area contributed by atoms with E-state index in [1.54, 1.807) is 6.26 Å². The lowest BCUT2D eigenvalue weighted by molar-refractivity contribution is -0.117. The van der Waals surface area contributed by atoms with E-state index in [4.69, 9.17) is 0 Å². The highest BCUT2D eigenvalue weighted by atomic mass is 32.3. The molecule has 0 unspecified atom stereocenters. The van der Waals surface area contributed by atoms with Crippen LogP contribution in [0.2, 0.25) is 0 Å². The Hall–Kier alpha value is -0.230. The number of amides is 1. The first-order chi connectivity index (χ1) is 4.48. The van der Waals surface area contributed by atoms with Crippen molar-refractivity contribution in [3.8, 4) is 0 Å². The Morgan fingerprint density at radius 3 is 2.40 bits per heavy atom. The van der Waals surface area contributed by atoms with E-state index in [2.05, 4.69) is 0 Å². The van der Waals surface area contributed by atoms with Gasteiger partial charge in [-0.25, -0.2) is 8.42 Å². The maximum absolute atomic E-state index is 10.7. The molecule has 0 aliphatic carbocycles. The highest BCUT2D eigenvalue weighted by Gasteiger charge is 2.08. The summed E-state index contributed by atoms with van der Waals surface area (Å²) in [5, 5.41) is -0.0768. The van der Waals surface area contributed by atoms with Crippen molar-refractivity contribution in [1.82, 2.24) is 4.72 Å². The fraction of sp³-hybridized carbons (Fsp3) is 0.750. The smallest absolute Gasteiger partial charge is 0.244 e. The molecule has 0 heterocycles. The molecule has 0 aromatic rings. The van der Waals surface area contributed by atoms with Crippen molar-refractivity contribution in [3.63, 3.8) is 0 Å². The van der Waals surface area contributed by atoms with Gasteiger partial charge in [-0.2, -0.15) is 0 Å². The summed E-state index contributed by atoms with van der Waals surface area (Å²) in [6.45, 7) is 1.16. The second-order valence-electron chi connectivity index (χ2n) is 1.68. The molecule has 0 aliphatic heterocycles. The molecule has 1 N–H and O–H groups in total. The van der Waals surface area contributed by atoms with E-state index in [0.717, 1.165) is 18.7 Å². The Kier molecular flexibility index (Phi) is 3.73. The summed E-state index contributed by atoms with van der Waals surface area (Å²) in [5.74, 6) is -0.547. The zero-order valence-electron chi connectivity index (χ0n) is 5.75. The van der Waals surface area contributed by atoms with Crippen LogP contribution in [0.1, 0.15) is 6.92 Å². The molecule has 1 amide bonds. The largest absolute Gasteiger partial charge is 0.274 e. The molecule has 0 atom stereocenters. The Morgan fingerprint density at radius 1 is 1.60 bits per heavy atom. The van der Waals surface area contributed by atoms with Crippen molar-refractivity contribution in [2.75, 3.05) is 11.3 Å². The molecule has 60 valence electrons. The number of thioether (sulfide) groups is 1. The summed E-state index contributed by atoms with van der Waals surface area (Å²) in [6.07, 6.45) is 1.65. The topological polar surface area (TPSA) is 63.2 Å². The molecule has 0 bridgehead atoms. The zero-order chi connectivity index (χ0) is 8.20. The van der Waals surface area contributed by atoms with E-state index in [-0.39, 0.29) is 5.08 Å². The van der Waals surface area contributed by atoms with E-state index in [1.165, 1.54) is 0 Å². The molecule has 0 rings (SSSR count). The number of sulfonamides is 1. The number of carbonyl (C=O) groups excluding carboxylic acids is 1. The van der Waals surface area contributed by atoms with Crippen LogP contribution >= 0.6 is 11.8 Å². The van der Waals surface area contributed by atoms with Crippen LogP contribution in [0.25, 0.3) is 0 Å². The molecule has 0 fully saturated rings. The number of hydrogen-bond acceptors (Lipinski definition) is 4. The quantitative estimate of drug-likeness (QED) is 0.656. The highest BCUT2D eigenvalue weighted by Crippen LogP contribution is 1.96. The lowest BCUT2D eigenvalue weighted by Crippen LogP contribution is -2.29. The fourth-order valence-corrected chi connectivity index (χ4v) is 2.32.